The van der Waals surface area contributed by atoms with Crippen LogP contribution in [0.15, 0.2) is 79.0 Å². The number of rotatable bonds is 7. The minimum absolute atomic E-state index is 0.158. The Bertz CT molecular complexity index is 1340. The van der Waals surface area contributed by atoms with Gasteiger partial charge in [-0.25, -0.2) is 0 Å². The van der Waals surface area contributed by atoms with Gasteiger partial charge in [-0.3, -0.25) is 9.59 Å². The Labute approximate surface area is 205 Å². The summed E-state index contributed by atoms with van der Waals surface area (Å²) in [7, 11) is 0. The number of hydrogen-bond acceptors (Lipinski definition) is 3. The van der Waals surface area contributed by atoms with E-state index < -0.39 is 6.04 Å². The summed E-state index contributed by atoms with van der Waals surface area (Å²) in [5, 5.41) is 10.4. The largest absolute Gasteiger partial charge is 0.361 e. The van der Waals surface area contributed by atoms with Crippen molar-refractivity contribution in [2.75, 3.05) is 0 Å². The first-order chi connectivity index (χ1) is 17.1. The highest BCUT2D eigenvalue weighted by Gasteiger charge is 2.29. The van der Waals surface area contributed by atoms with Crippen LogP contribution in [0.4, 0.5) is 0 Å². The van der Waals surface area contributed by atoms with Gasteiger partial charge in [-0.2, -0.15) is 0 Å². The molecule has 2 heterocycles. The zero-order chi connectivity index (χ0) is 24.2. The average molecular weight is 467 g/mol. The molecule has 1 aliphatic rings. The first-order valence-electron chi connectivity index (χ1n) is 12.1. The summed E-state index contributed by atoms with van der Waals surface area (Å²) in [4.78, 5) is 29.8. The number of hydrogen-bond donors (Lipinski definition) is 4. The highest BCUT2D eigenvalue weighted by atomic mass is 16.2. The molecule has 5 rings (SSSR count). The van der Waals surface area contributed by atoms with E-state index in [2.05, 4.69) is 33.1 Å². The van der Waals surface area contributed by atoms with Gasteiger partial charge in [0.05, 0.1) is 6.04 Å². The highest BCUT2D eigenvalue weighted by Crippen LogP contribution is 2.20. The maximum absolute atomic E-state index is 13.3. The Morgan fingerprint density at radius 1 is 0.971 bits per heavy atom. The minimum Gasteiger partial charge on any atom is -0.361 e. The second-order valence-corrected chi connectivity index (χ2v) is 9.23. The fraction of sp³-hybridized carbons (Fsp3) is 0.241. The van der Waals surface area contributed by atoms with Gasteiger partial charge in [-0.05, 0) is 41.7 Å². The van der Waals surface area contributed by atoms with Gasteiger partial charge in [0.25, 0.3) is 0 Å². The highest BCUT2D eigenvalue weighted by molar-refractivity contribution is 5.91. The Kier molecular flexibility index (Phi) is 6.64. The van der Waals surface area contributed by atoms with E-state index in [4.69, 9.17) is 0 Å². The van der Waals surface area contributed by atoms with E-state index in [-0.39, 0.29) is 17.9 Å². The maximum atomic E-state index is 13.3. The molecule has 4 N–H and O–H groups in total. The van der Waals surface area contributed by atoms with Crippen molar-refractivity contribution >= 4 is 22.7 Å². The van der Waals surface area contributed by atoms with Crippen LogP contribution < -0.4 is 16.0 Å². The number of aromatic nitrogens is 1. The summed E-state index contributed by atoms with van der Waals surface area (Å²) in [5.41, 5.74) is 6.58. The molecule has 178 valence electrons. The number of fused-ring (bicyclic) bond motifs is 2. The smallest absolute Gasteiger partial charge is 0.243 e. The van der Waals surface area contributed by atoms with Crippen LogP contribution >= 0.6 is 0 Å². The molecule has 0 fully saturated rings. The molecular weight excluding hydrogens is 436 g/mol. The van der Waals surface area contributed by atoms with Gasteiger partial charge in [-0.15, -0.1) is 0 Å². The Balaban J connectivity index is 1.32. The van der Waals surface area contributed by atoms with Crippen molar-refractivity contribution in [3.8, 4) is 0 Å². The van der Waals surface area contributed by atoms with Gasteiger partial charge < -0.3 is 20.9 Å². The normalized spacial score (nSPS) is 15.9. The van der Waals surface area contributed by atoms with Gasteiger partial charge in [0.2, 0.25) is 11.8 Å². The maximum Gasteiger partial charge on any atom is 0.243 e. The molecule has 2 unspecified atom stereocenters. The minimum atomic E-state index is -0.689. The van der Waals surface area contributed by atoms with Crippen LogP contribution in [0.2, 0.25) is 0 Å². The van der Waals surface area contributed by atoms with E-state index in [0.717, 1.165) is 22.0 Å². The van der Waals surface area contributed by atoms with Gasteiger partial charge in [-0.1, -0.05) is 72.3 Å². The molecule has 0 aliphatic carbocycles. The van der Waals surface area contributed by atoms with Crippen molar-refractivity contribution in [3.63, 3.8) is 0 Å². The van der Waals surface area contributed by atoms with Gasteiger partial charge in [0.1, 0.15) is 6.04 Å². The number of aromatic amines is 1. The molecule has 0 spiro atoms. The van der Waals surface area contributed by atoms with E-state index in [9.17, 15) is 9.59 Å². The van der Waals surface area contributed by atoms with Crippen molar-refractivity contribution in [2.45, 2.75) is 44.9 Å². The standard InChI is InChI=1S/C29H30N4O2/c1-19-10-12-20(13-11-19)16-32-28(34)27(15-23-18-30-25-9-5-4-8-24(23)25)33-29(35)26-14-21-6-2-3-7-22(21)17-31-26/h2-13,18,26-27,30-31H,14-17H2,1H3,(H,32,34)(H,33,35). The summed E-state index contributed by atoms with van der Waals surface area (Å²) < 4.78 is 0. The number of para-hydroxylation sites is 1. The number of amides is 2. The summed E-state index contributed by atoms with van der Waals surface area (Å²) in [6.45, 7) is 3.09. The van der Waals surface area contributed by atoms with E-state index in [1.165, 1.54) is 16.7 Å². The number of aryl methyl sites for hydroxylation is 1. The predicted molar refractivity (Wildman–Crippen MR) is 138 cm³/mol. The molecule has 35 heavy (non-hydrogen) atoms. The van der Waals surface area contributed by atoms with Crippen molar-refractivity contribution in [2.24, 2.45) is 0 Å². The van der Waals surface area contributed by atoms with Crippen LogP contribution in [0.25, 0.3) is 10.9 Å². The number of H-pyrrole nitrogens is 1. The summed E-state index contributed by atoms with van der Waals surface area (Å²) in [6, 6.07) is 23.1. The monoisotopic (exact) mass is 466 g/mol. The molecule has 6 nitrogen and oxygen atoms in total. The summed E-state index contributed by atoms with van der Waals surface area (Å²) >= 11 is 0. The first kappa shape index (κ1) is 22.9. The predicted octanol–water partition coefficient (Wildman–Crippen LogP) is 3.53. The summed E-state index contributed by atoms with van der Waals surface area (Å²) in [6.07, 6.45) is 2.93. The fourth-order valence-corrected chi connectivity index (χ4v) is 4.66. The van der Waals surface area contributed by atoms with Crippen molar-refractivity contribution in [3.05, 3.63) is 107 Å². The van der Waals surface area contributed by atoms with Crippen molar-refractivity contribution in [1.82, 2.24) is 20.9 Å². The second-order valence-electron chi connectivity index (χ2n) is 9.23. The molecule has 0 radical (unpaired) electrons. The Morgan fingerprint density at radius 3 is 2.54 bits per heavy atom. The SMILES string of the molecule is Cc1ccc(CNC(=O)C(Cc2c[nH]c3ccccc23)NC(=O)C2Cc3ccccc3CN2)cc1. The number of carbonyl (C=O) groups is 2. The topological polar surface area (TPSA) is 86.0 Å². The molecule has 2 amide bonds. The molecule has 0 bridgehead atoms. The van der Waals surface area contributed by atoms with Crippen LogP contribution in [0.3, 0.4) is 0 Å². The molecule has 0 saturated heterocycles. The van der Waals surface area contributed by atoms with E-state index in [1.807, 2.05) is 73.8 Å². The molecule has 6 heteroatoms. The van der Waals surface area contributed by atoms with Gasteiger partial charge in [0, 0.05) is 36.6 Å². The fourth-order valence-electron chi connectivity index (χ4n) is 4.66. The van der Waals surface area contributed by atoms with E-state index >= 15 is 0 Å². The third-order valence-electron chi connectivity index (χ3n) is 6.72. The average Bonchev–Trinajstić information content (AvgIpc) is 3.30. The zero-order valence-corrected chi connectivity index (χ0v) is 19.8. The van der Waals surface area contributed by atoms with Gasteiger partial charge >= 0.3 is 0 Å². The molecule has 4 aromatic rings. The lowest BCUT2D eigenvalue weighted by molar-refractivity contribution is -0.130. The Hall–Kier alpha value is -3.90. The van der Waals surface area contributed by atoms with Crippen LogP contribution in [0.1, 0.15) is 27.8 Å². The zero-order valence-electron chi connectivity index (χ0n) is 19.8. The molecule has 0 saturated carbocycles. The Morgan fingerprint density at radius 2 is 1.71 bits per heavy atom. The second kappa shape index (κ2) is 10.2. The van der Waals surface area contributed by atoms with Crippen LogP contribution in [0.5, 0.6) is 0 Å². The lowest BCUT2D eigenvalue weighted by Crippen LogP contribution is -2.54. The molecule has 3 aromatic carbocycles. The molecule has 2 atom stereocenters. The van der Waals surface area contributed by atoms with Crippen molar-refractivity contribution in [1.29, 1.82) is 0 Å². The lowest BCUT2D eigenvalue weighted by atomic mass is 9.95. The number of carbonyl (C=O) groups excluding carboxylic acids is 2. The van der Waals surface area contributed by atoms with Gasteiger partial charge in [0.15, 0.2) is 0 Å². The quantitative estimate of drug-likeness (QED) is 0.336. The molecular formula is C29H30N4O2. The van der Waals surface area contributed by atoms with E-state index in [1.54, 1.807) is 0 Å². The third kappa shape index (κ3) is 5.28. The van der Waals surface area contributed by atoms with E-state index in [0.29, 0.717) is 25.9 Å². The number of benzene rings is 3. The number of nitrogens with one attached hydrogen (secondary N) is 4. The lowest BCUT2D eigenvalue weighted by Gasteiger charge is -2.27. The third-order valence-corrected chi connectivity index (χ3v) is 6.72. The van der Waals surface area contributed by atoms with Crippen LogP contribution in [-0.4, -0.2) is 28.9 Å². The molecule has 1 aromatic heterocycles. The summed E-state index contributed by atoms with van der Waals surface area (Å²) in [5.74, 6) is -0.352. The van der Waals surface area contributed by atoms with Crippen LogP contribution in [0, 0.1) is 6.92 Å². The van der Waals surface area contributed by atoms with Crippen molar-refractivity contribution < 1.29 is 9.59 Å². The van der Waals surface area contributed by atoms with Crippen LogP contribution in [-0.2, 0) is 35.5 Å². The first-order valence-corrected chi connectivity index (χ1v) is 12.1. The molecule has 1 aliphatic heterocycles.